The number of amides is 1. The number of aromatic amines is 1. The van der Waals surface area contributed by atoms with Crippen LogP contribution in [0.3, 0.4) is 0 Å². The molecule has 4 aromatic rings. The van der Waals surface area contributed by atoms with E-state index < -0.39 is 0 Å². The fraction of sp³-hybridized carbons (Fsp3) is 0.300. The third-order valence-electron chi connectivity index (χ3n) is 6.51. The highest BCUT2D eigenvalue weighted by Crippen LogP contribution is 2.23. The first kappa shape index (κ1) is 24.6. The van der Waals surface area contributed by atoms with E-state index in [1.54, 1.807) is 12.1 Å². The number of phenolic OH excluding ortho intramolecular Hbond substituents is 1. The van der Waals surface area contributed by atoms with Gasteiger partial charge in [0.25, 0.3) is 5.91 Å². The molecule has 182 valence electrons. The zero-order chi connectivity index (χ0) is 24.5. The standard InChI is InChI=1S/C30H35N3O2/c1-2-22-10-12-23(13-11-22)7-5-6-17-32-30(35)27-9-4-3-8-24(27)20-31-18-16-25-21-33-29-15-14-26(34)19-28(25)29/h3-4,8-15,19,21,31,33-34H,2,5-7,16-18,20H2,1H3,(H,32,35). The molecule has 0 radical (unpaired) electrons. The summed E-state index contributed by atoms with van der Waals surface area (Å²) in [6, 6.07) is 22.0. The lowest BCUT2D eigenvalue weighted by Gasteiger charge is -2.11. The van der Waals surface area contributed by atoms with Crippen molar-refractivity contribution in [1.29, 1.82) is 0 Å². The maximum atomic E-state index is 12.8. The molecule has 5 heteroatoms. The number of benzene rings is 3. The molecule has 35 heavy (non-hydrogen) atoms. The number of unbranched alkanes of at least 4 members (excludes halogenated alkanes) is 1. The Hall–Kier alpha value is -3.57. The number of aromatic hydroxyl groups is 1. The molecule has 0 atom stereocenters. The van der Waals surface area contributed by atoms with Gasteiger partial charge in [-0.3, -0.25) is 4.79 Å². The van der Waals surface area contributed by atoms with Crippen molar-refractivity contribution < 1.29 is 9.90 Å². The van der Waals surface area contributed by atoms with Gasteiger partial charge in [-0.1, -0.05) is 49.4 Å². The van der Waals surface area contributed by atoms with Gasteiger partial charge in [0, 0.05) is 35.8 Å². The van der Waals surface area contributed by atoms with Crippen molar-refractivity contribution in [2.75, 3.05) is 13.1 Å². The van der Waals surface area contributed by atoms with E-state index in [0.29, 0.717) is 13.1 Å². The van der Waals surface area contributed by atoms with Crippen molar-refractivity contribution in [3.63, 3.8) is 0 Å². The van der Waals surface area contributed by atoms with Gasteiger partial charge in [-0.25, -0.2) is 0 Å². The second-order valence-electron chi connectivity index (χ2n) is 9.01. The molecule has 0 aliphatic rings. The minimum Gasteiger partial charge on any atom is -0.508 e. The molecule has 5 nitrogen and oxygen atoms in total. The van der Waals surface area contributed by atoms with E-state index in [2.05, 4.69) is 46.8 Å². The second-order valence-corrected chi connectivity index (χ2v) is 9.01. The predicted molar refractivity (Wildman–Crippen MR) is 143 cm³/mol. The summed E-state index contributed by atoms with van der Waals surface area (Å²) in [6.07, 6.45) is 6.95. The van der Waals surface area contributed by atoms with Crippen LogP contribution in [-0.2, 0) is 25.8 Å². The molecule has 0 saturated heterocycles. The number of H-pyrrole nitrogens is 1. The monoisotopic (exact) mass is 469 g/mol. The zero-order valence-electron chi connectivity index (χ0n) is 20.4. The van der Waals surface area contributed by atoms with Crippen LogP contribution in [0.25, 0.3) is 10.9 Å². The fourth-order valence-electron chi connectivity index (χ4n) is 4.41. The first-order chi connectivity index (χ1) is 17.1. The van der Waals surface area contributed by atoms with Gasteiger partial charge in [0.2, 0.25) is 0 Å². The first-order valence-electron chi connectivity index (χ1n) is 12.6. The summed E-state index contributed by atoms with van der Waals surface area (Å²) < 4.78 is 0. The molecule has 4 N–H and O–H groups in total. The molecular formula is C30H35N3O2. The molecule has 0 fully saturated rings. The second kappa shape index (κ2) is 12.2. The molecule has 1 heterocycles. The van der Waals surface area contributed by atoms with Gasteiger partial charge >= 0.3 is 0 Å². The molecular weight excluding hydrogens is 434 g/mol. The van der Waals surface area contributed by atoms with E-state index in [1.165, 1.54) is 11.1 Å². The molecule has 1 aromatic heterocycles. The Balaban J connectivity index is 1.21. The van der Waals surface area contributed by atoms with Gasteiger partial charge in [0.15, 0.2) is 0 Å². The van der Waals surface area contributed by atoms with E-state index in [4.69, 9.17) is 0 Å². The fourth-order valence-corrected chi connectivity index (χ4v) is 4.41. The molecule has 0 saturated carbocycles. The van der Waals surface area contributed by atoms with Crippen LogP contribution in [0.4, 0.5) is 0 Å². The summed E-state index contributed by atoms with van der Waals surface area (Å²) in [6.45, 7) is 4.26. The van der Waals surface area contributed by atoms with Crippen LogP contribution in [0.5, 0.6) is 5.75 Å². The SMILES string of the molecule is CCc1ccc(CCCCNC(=O)c2ccccc2CNCCc2c[nH]c3ccc(O)cc23)cc1. The van der Waals surface area contributed by atoms with Gasteiger partial charge in [0.05, 0.1) is 0 Å². The zero-order valence-corrected chi connectivity index (χ0v) is 20.4. The number of aromatic nitrogens is 1. The predicted octanol–water partition coefficient (Wildman–Crippen LogP) is 5.52. The van der Waals surface area contributed by atoms with Crippen LogP contribution in [0.1, 0.15) is 52.4 Å². The third kappa shape index (κ3) is 6.74. The highest BCUT2D eigenvalue weighted by Gasteiger charge is 2.10. The van der Waals surface area contributed by atoms with E-state index in [0.717, 1.165) is 66.2 Å². The highest BCUT2D eigenvalue weighted by molar-refractivity contribution is 5.95. The van der Waals surface area contributed by atoms with Crippen molar-refractivity contribution in [3.8, 4) is 5.75 Å². The average Bonchev–Trinajstić information content (AvgIpc) is 3.28. The van der Waals surface area contributed by atoms with Gasteiger partial charge in [-0.2, -0.15) is 0 Å². The molecule has 4 rings (SSSR count). The molecule has 0 aliphatic carbocycles. The minimum absolute atomic E-state index is 0.0122. The lowest BCUT2D eigenvalue weighted by atomic mass is 10.0. The summed E-state index contributed by atoms with van der Waals surface area (Å²) in [7, 11) is 0. The van der Waals surface area contributed by atoms with Crippen LogP contribution in [-0.4, -0.2) is 29.1 Å². The number of hydrogen-bond donors (Lipinski definition) is 4. The molecule has 0 aliphatic heterocycles. The largest absolute Gasteiger partial charge is 0.508 e. The Morgan fingerprint density at radius 1 is 0.886 bits per heavy atom. The number of hydrogen-bond acceptors (Lipinski definition) is 3. The number of nitrogens with one attached hydrogen (secondary N) is 3. The van der Waals surface area contributed by atoms with Crippen molar-refractivity contribution in [3.05, 3.63) is 101 Å². The number of fused-ring (bicyclic) bond motifs is 1. The molecule has 1 amide bonds. The Bertz CT molecular complexity index is 1240. The van der Waals surface area contributed by atoms with E-state index in [9.17, 15) is 9.90 Å². The Morgan fingerprint density at radius 2 is 1.69 bits per heavy atom. The summed E-state index contributed by atoms with van der Waals surface area (Å²) in [5.41, 5.74) is 6.64. The number of phenols is 1. The van der Waals surface area contributed by atoms with E-state index in [1.807, 2.05) is 36.5 Å². The lowest BCUT2D eigenvalue weighted by molar-refractivity contribution is 0.0952. The number of carbonyl (C=O) groups is 1. The van der Waals surface area contributed by atoms with E-state index >= 15 is 0 Å². The summed E-state index contributed by atoms with van der Waals surface area (Å²) in [4.78, 5) is 16.0. The first-order valence-corrected chi connectivity index (χ1v) is 12.6. The van der Waals surface area contributed by atoms with Crippen molar-refractivity contribution in [2.24, 2.45) is 0 Å². The number of carbonyl (C=O) groups excluding carboxylic acids is 1. The van der Waals surface area contributed by atoms with Crippen molar-refractivity contribution >= 4 is 16.8 Å². The van der Waals surface area contributed by atoms with Crippen molar-refractivity contribution in [2.45, 2.75) is 45.6 Å². The van der Waals surface area contributed by atoms with Crippen LogP contribution >= 0.6 is 0 Å². The van der Waals surface area contributed by atoms with Gasteiger partial charge in [0.1, 0.15) is 5.75 Å². The maximum absolute atomic E-state index is 12.8. The average molecular weight is 470 g/mol. The van der Waals surface area contributed by atoms with E-state index in [-0.39, 0.29) is 11.7 Å². The van der Waals surface area contributed by atoms with Crippen molar-refractivity contribution in [1.82, 2.24) is 15.6 Å². The normalized spacial score (nSPS) is 11.1. The Kier molecular flexibility index (Phi) is 8.58. The molecule has 0 unspecified atom stereocenters. The lowest BCUT2D eigenvalue weighted by Crippen LogP contribution is -2.27. The topological polar surface area (TPSA) is 77.2 Å². The Labute approximate surface area is 207 Å². The van der Waals surface area contributed by atoms with Gasteiger partial charge in [-0.15, -0.1) is 0 Å². The van der Waals surface area contributed by atoms with Crippen LogP contribution in [0.15, 0.2) is 72.9 Å². The van der Waals surface area contributed by atoms with Gasteiger partial charge < -0.3 is 20.7 Å². The molecule has 0 spiro atoms. The summed E-state index contributed by atoms with van der Waals surface area (Å²) in [5.74, 6) is 0.263. The summed E-state index contributed by atoms with van der Waals surface area (Å²) >= 11 is 0. The summed E-state index contributed by atoms with van der Waals surface area (Å²) in [5, 5.41) is 17.4. The highest BCUT2D eigenvalue weighted by atomic mass is 16.3. The van der Waals surface area contributed by atoms with Crippen LogP contribution < -0.4 is 10.6 Å². The van der Waals surface area contributed by atoms with Crippen LogP contribution in [0, 0.1) is 0 Å². The van der Waals surface area contributed by atoms with Crippen LogP contribution in [0.2, 0.25) is 0 Å². The third-order valence-corrected chi connectivity index (χ3v) is 6.51. The maximum Gasteiger partial charge on any atom is 0.251 e. The number of rotatable bonds is 12. The minimum atomic E-state index is -0.0122. The quantitative estimate of drug-likeness (QED) is 0.206. The van der Waals surface area contributed by atoms with Gasteiger partial charge in [-0.05, 0) is 85.2 Å². The molecule has 3 aromatic carbocycles. The smallest absolute Gasteiger partial charge is 0.251 e. The number of aryl methyl sites for hydroxylation is 2. The Morgan fingerprint density at radius 3 is 2.51 bits per heavy atom. The molecule has 0 bridgehead atoms.